The van der Waals surface area contributed by atoms with Crippen LogP contribution in [0, 0.1) is 0 Å². The predicted octanol–water partition coefficient (Wildman–Crippen LogP) is 0.625. The molecule has 2 amide bonds. The molecule has 2 atom stereocenters. The first-order valence-electron chi connectivity index (χ1n) is 7.63. The summed E-state index contributed by atoms with van der Waals surface area (Å²) in [6.07, 6.45) is 5.38. The number of imidazole rings is 1. The van der Waals surface area contributed by atoms with E-state index in [0.717, 1.165) is 12.1 Å². The van der Waals surface area contributed by atoms with Crippen molar-refractivity contribution in [1.29, 1.82) is 0 Å². The summed E-state index contributed by atoms with van der Waals surface area (Å²) in [6.45, 7) is 2.62. The highest BCUT2D eigenvalue weighted by molar-refractivity contribution is 5.80. The van der Waals surface area contributed by atoms with E-state index < -0.39 is 0 Å². The predicted molar refractivity (Wildman–Crippen MR) is 81.0 cm³/mol. The van der Waals surface area contributed by atoms with Gasteiger partial charge in [0.1, 0.15) is 6.61 Å². The van der Waals surface area contributed by atoms with Gasteiger partial charge in [0.25, 0.3) is 0 Å². The van der Waals surface area contributed by atoms with Crippen LogP contribution in [0.5, 0.6) is 0 Å². The molecule has 122 valence electrons. The second-order valence-corrected chi connectivity index (χ2v) is 5.64. The van der Waals surface area contributed by atoms with Crippen LogP contribution in [0.25, 0.3) is 0 Å². The first kappa shape index (κ1) is 16.5. The minimum absolute atomic E-state index is 0.0557. The molecule has 1 saturated heterocycles. The molecule has 0 bridgehead atoms. The van der Waals surface area contributed by atoms with E-state index in [9.17, 15) is 9.59 Å². The Hall–Kier alpha value is -1.89. The average molecular weight is 308 g/mol. The Morgan fingerprint density at radius 2 is 2.27 bits per heavy atom. The summed E-state index contributed by atoms with van der Waals surface area (Å²) in [5.74, 6) is -0.0627. The third kappa shape index (κ3) is 3.65. The van der Waals surface area contributed by atoms with Crippen molar-refractivity contribution in [2.75, 3.05) is 20.3 Å². The van der Waals surface area contributed by atoms with E-state index >= 15 is 0 Å². The zero-order valence-electron chi connectivity index (χ0n) is 13.4. The molecule has 1 aromatic rings. The lowest BCUT2D eigenvalue weighted by Crippen LogP contribution is -2.51. The summed E-state index contributed by atoms with van der Waals surface area (Å²) in [6, 6.07) is -0.334. The number of rotatable bonds is 6. The molecule has 1 aliphatic rings. The minimum Gasteiger partial charge on any atom is -0.372 e. The Kier molecular flexibility index (Phi) is 5.54. The molecule has 0 aromatic carbocycles. The average Bonchev–Trinajstić information content (AvgIpc) is 2.89. The molecule has 2 rings (SSSR count). The number of aromatic nitrogens is 2. The molecule has 1 aliphatic heterocycles. The summed E-state index contributed by atoms with van der Waals surface area (Å²) >= 11 is 0. The van der Waals surface area contributed by atoms with Crippen LogP contribution in [0.2, 0.25) is 0 Å². The number of carbonyl (C=O) groups is 2. The first-order chi connectivity index (χ1) is 10.5. The van der Waals surface area contributed by atoms with E-state index in [-0.39, 0.29) is 30.5 Å². The van der Waals surface area contributed by atoms with Gasteiger partial charge in [-0.1, -0.05) is 6.92 Å². The van der Waals surface area contributed by atoms with Gasteiger partial charge in [0.05, 0.1) is 30.3 Å². The minimum atomic E-state index is -0.205. The number of carbonyl (C=O) groups excluding carboxylic acids is 2. The molecule has 2 heterocycles. The number of amides is 2. The van der Waals surface area contributed by atoms with Crippen molar-refractivity contribution in [1.82, 2.24) is 19.8 Å². The fourth-order valence-electron chi connectivity index (χ4n) is 2.80. The van der Waals surface area contributed by atoms with Crippen LogP contribution in [0.3, 0.4) is 0 Å². The highest BCUT2D eigenvalue weighted by Crippen LogP contribution is 2.30. The van der Waals surface area contributed by atoms with Gasteiger partial charge in [-0.3, -0.25) is 9.59 Å². The second kappa shape index (κ2) is 7.40. The van der Waals surface area contributed by atoms with Gasteiger partial charge in [-0.15, -0.1) is 0 Å². The number of piperidine rings is 1. The number of nitrogens with zero attached hydrogens (tertiary/aromatic N) is 3. The highest BCUT2D eigenvalue weighted by atomic mass is 16.5. The van der Waals surface area contributed by atoms with Crippen LogP contribution in [0.4, 0.5) is 0 Å². The fourth-order valence-corrected chi connectivity index (χ4v) is 2.80. The van der Waals surface area contributed by atoms with Crippen molar-refractivity contribution in [3.8, 4) is 0 Å². The van der Waals surface area contributed by atoms with Crippen molar-refractivity contribution < 1.29 is 14.3 Å². The van der Waals surface area contributed by atoms with Crippen LogP contribution in [0.15, 0.2) is 12.5 Å². The lowest BCUT2D eigenvalue weighted by Gasteiger charge is -2.39. The molecule has 0 spiro atoms. The summed E-state index contributed by atoms with van der Waals surface area (Å²) in [7, 11) is 3.66. The van der Waals surface area contributed by atoms with Crippen molar-refractivity contribution in [3.63, 3.8) is 0 Å². The monoisotopic (exact) mass is 308 g/mol. The Bertz CT molecular complexity index is 529. The highest BCUT2D eigenvalue weighted by Gasteiger charge is 2.36. The van der Waals surface area contributed by atoms with Crippen molar-refractivity contribution in [2.45, 2.75) is 38.3 Å². The van der Waals surface area contributed by atoms with Gasteiger partial charge in [-0.2, -0.15) is 0 Å². The van der Waals surface area contributed by atoms with E-state index in [1.54, 1.807) is 24.5 Å². The smallest absolute Gasteiger partial charge is 0.246 e. The van der Waals surface area contributed by atoms with Crippen LogP contribution < -0.4 is 5.32 Å². The summed E-state index contributed by atoms with van der Waals surface area (Å²) in [5.41, 5.74) is 0.912. The molecule has 22 heavy (non-hydrogen) atoms. The van der Waals surface area contributed by atoms with Gasteiger partial charge in [0.2, 0.25) is 11.8 Å². The number of likely N-dealkylation sites (tertiary alicyclic amines) is 1. The maximum Gasteiger partial charge on any atom is 0.246 e. The van der Waals surface area contributed by atoms with Gasteiger partial charge in [-0.25, -0.2) is 4.98 Å². The van der Waals surface area contributed by atoms with E-state index in [4.69, 9.17) is 4.74 Å². The van der Waals surface area contributed by atoms with Gasteiger partial charge in [-0.05, 0) is 12.8 Å². The van der Waals surface area contributed by atoms with Crippen molar-refractivity contribution in [3.05, 3.63) is 18.2 Å². The van der Waals surface area contributed by atoms with E-state index in [1.807, 2.05) is 18.5 Å². The maximum atomic E-state index is 12.0. The molecule has 0 radical (unpaired) electrons. The Labute approximate surface area is 130 Å². The number of ether oxygens (including phenoxy) is 1. The third-order valence-corrected chi connectivity index (χ3v) is 3.95. The molecular weight excluding hydrogens is 284 g/mol. The van der Waals surface area contributed by atoms with Crippen LogP contribution >= 0.6 is 0 Å². The van der Waals surface area contributed by atoms with Crippen LogP contribution in [-0.4, -0.2) is 52.6 Å². The van der Waals surface area contributed by atoms with Crippen molar-refractivity contribution >= 4 is 11.8 Å². The van der Waals surface area contributed by atoms with E-state index in [1.165, 1.54) is 0 Å². The van der Waals surface area contributed by atoms with E-state index in [0.29, 0.717) is 19.4 Å². The topological polar surface area (TPSA) is 76.5 Å². The SMILES string of the molecule is CCCOCC(=O)N[C@@H]1CCC(=O)N(C)[C@H]1c1cncn1C. The van der Waals surface area contributed by atoms with Gasteiger partial charge >= 0.3 is 0 Å². The van der Waals surface area contributed by atoms with Crippen molar-refractivity contribution in [2.24, 2.45) is 7.05 Å². The van der Waals surface area contributed by atoms with Gasteiger partial charge < -0.3 is 19.5 Å². The van der Waals surface area contributed by atoms with Crippen LogP contribution in [0.1, 0.15) is 37.9 Å². The quantitative estimate of drug-likeness (QED) is 0.782. The maximum absolute atomic E-state index is 12.0. The molecule has 0 unspecified atom stereocenters. The molecule has 0 aliphatic carbocycles. The molecule has 0 saturated carbocycles. The molecule has 7 nitrogen and oxygen atoms in total. The summed E-state index contributed by atoms with van der Waals surface area (Å²) in [4.78, 5) is 29.8. The first-order valence-corrected chi connectivity index (χ1v) is 7.63. The lowest BCUT2D eigenvalue weighted by molar-refractivity contribution is -0.138. The Balaban J connectivity index is 2.09. The lowest BCUT2D eigenvalue weighted by atomic mass is 9.93. The Morgan fingerprint density at radius 1 is 1.50 bits per heavy atom. The molecule has 7 heteroatoms. The second-order valence-electron chi connectivity index (χ2n) is 5.64. The Morgan fingerprint density at radius 3 is 2.91 bits per heavy atom. The standard InChI is InChI=1S/C15H24N4O3/c1-4-7-22-9-13(20)17-11-5-6-14(21)19(3)15(11)12-8-16-10-18(12)2/h8,10-11,15H,4-7,9H2,1-3H3,(H,17,20)/t11-,15-/m1/s1. The fraction of sp³-hybridized carbons (Fsp3) is 0.667. The third-order valence-electron chi connectivity index (χ3n) is 3.95. The summed E-state index contributed by atoms with van der Waals surface area (Å²) < 4.78 is 7.16. The number of hydrogen-bond donors (Lipinski definition) is 1. The zero-order valence-corrected chi connectivity index (χ0v) is 13.4. The largest absolute Gasteiger partial charge is 0.372 e. The number of hydrogen-bond acceptors (Lipinski definition) is 4. The normalized spacial score (nSPS) is 22.0. The van der Waals surface area contributed by atoms with Gasteiger partial charge in [0, 0.05) is 27.1 Å². The number of nitrogens with one attached hydrogen (secondary N) is 1. The van der Waals surface area contributed by atoms with E-state index in [2.05, 4.69) is 10.3 Å². The van der Waals surface area contributed by atoms with Gasteiger partial charge in [0.15, 0.2) is 0 Å². The van der Waals surface area contributed by atoms with Crippen LogP contribution in [-0.2, 0) is 21.4 Å². The molecular formula is C15H24N4O3. The molecule has 1 fully saturated rings. The molecule has 1 N–H and O–H groups in total. The number of likely N-dealkylation sites (N-methyl/N-ethyl adjacent to an activating group) is 1. The zero-order chi connectivity index (χ0) is 16.1. The summed E-state index contributed by atoms with van der Waals surface area (Å²) in [5, 5.41) is 3.00. The number of aryl methyl sites for hydroxylation is 1. The molecule has 1 aromatic heterocycles.